The molecule has 0 spiro atoms. The fourth-order valence-electron chi connectivity index (χ4n) is 0.908. The standard InChI is InChI=1S/C14H16.2C2H6/c1-5-9-11-13(7-3)14(8-4)12-10-6-2;2*1-2/h5-12H,1-4H2;2*1-2H3/b11-9-,12-10-,14-13+;;. The summed E-state index contributed by atoms with van der Waals surface area (Å²) in [5.74, 6) is 0. The Balaban J connectivity index is -0.000000506. The molecular weight excluding hydrogens is 216 g/mol. The zero-order valence-electron chi connectivity index (χ0n) is 12.4. The largest absolute Gasteiger partial charge is 0.0991 e. The Kier molecular flexibility index (Phi) is 24.5. The first-order valence-corrected chi connectivity index (χ1v) is 6.37. The lowest BCUT2D eigenvalue weighted by Crippen LogP contribution is -1.78. The monoisotopic (exact) mass is 244 g/mol. The molecule has 0 aromatic carbocycles. The van der Waals surface area contributed by atoms with E-state index >= 15 is 0 Å². The molecule has 0 aromatic rings. The topological polar surface area (TPSA) is 0 Å². The van der Waals surface area contributed by atoms with Crippen molar-refractivity contribution in [3.8, 4) is 0 Å². The van der Waals surface area contributed by atoms with Crippen LogP contribution in [0.3, 0.4) is 0 Å². The summed E-state index contributed by atoms with van der Waals surface area (Å²) >= 11 is 0. The lowest BCUT2D eigenvalue weighted by Gasteiger charge is -1.98. The summed E-state index contributed by atoms with van der Waals surface area (Å²) in [6.07, 6.45) is 14.6. The molecule has 0 saturated carbocycles. The van der Waals surface area contributed by atoms with Crippen LogP contribution in [-0.2, 0) is 0 Å². The molecule has 0 fully saturated rings. The molecule has 0 saturated heterocycles. The molecule has 0 heterocycles. The van der Waals surface area contributed by atoms with E-state index in [4.69, 9.17) is 0 Å². The zero-order valence-corrected chi connectivity index (χ0v) is 12.4. The third kappa shape index (κ3) is 12.3. The molecule has 0 amide bonds. The van der Waals surface area contributed by atoms with E-state index in [9.17, 15) is 0 Å². The Bertz CT molecular complexity index is 277. The molecule has 0 aliphatic carbocycles. The molecule has 0 rings (SSSR count). The minimum atomic E-state index is 1.01. The summed E-state index contributed by atoms with van der Waals surface area (Å²) in [7, 11) is 0. The third-order valence-electron chi connectivity index (χ3n) is 1.60. The van der Waals surface area contributed by atoms with Gasteiger partial charge >= 0.3 is 0 Å². The lowest BCUT2D eigenvalue weighted by molar-refractivity contribution is 1.50. The summed E-state index contributed by atoms with van der Waals surface area (Å²) in [5.41, 5.74) is 2.02. The van der Waals surface area contributed by atoms with Crippen molar-refractivity contribution in [3.63, 3.8) is 0 Å². The second kappa shape index (κ2) is 20.6. The zero-order chi connectivity index (χ0) is 14.8. The van der Waals surface area contributed by atoms with Crippen LogP contribution in [0.4, 0.5) is 0 Å². The van der Waals surface area contributed by atoms with Gasteiger partial charge in [0, 0.05) is 0 Å². The molecule has 0 aliphatic rings. The van der Waals surface area contributed by atoms with Gasteiger partial charge in [-0.25, -0.2) is 0 Å². The second-order valence-electron chi connectivity index (χ2n) is 2.51. The maximum Gasteiger partial charge on any atom is -0.0190 e. The number of hydrogen-bond donors (Lipinski definition) is 0. The first-order chi connectivity index (χ1) is 8.79. The maximum absolute atomic E-state index is 3.74. The molecule has 0 heteroatoms. The van der Waals surface area contributed by atoms with Crippen LogP contribution in [0.25, 0.3) is 0 Å². The van der Waals surface area contributed by atoms with Gasteiger partial charge in [0.2, 0.25) is 0 Å². The van der Waals surface area contributed by atoms with Gasteiger partial charge in [0.25, 0.3) is 0 Å². The SMILES string of the molecule is C=C\C=C/C(C=C)=C(C=C)/C=C\C=C.CC.CC. The van der Waals surface area contributed by atoms with E-state index in [2.05, 4.69) is 26.3 Å². The van der Waals surface area contributed by atoms with Crippen LogP contribution in [0.15, 0.2) is 86.1 Å². The van der Waals surface area contributed by atoms with Gasteiger partial charge < -0.3 is 0 Å². The van der Waals surface area contributed by atoms with E-state index in [1.807, 2.05) is 52.0 Å². The van der Waals surface area contributed by atoms with Gasteiger partial charge in [-0.2, -0.15) is 0 Å². The van der Waals surface area contributed by atoms with E-state index in [1.54, 1.807) is 24.3 Å². The van der Waals surface area contributed by atoms with Crippen molar-refractivity contribution in [1.29, 1.82) is 0 Å². The number of rotatable bonds is 6. The van der Waals surface area contributed by atoms with Crippen molar-refractivity contribution in [3.05, 3.63) is 86.1 Å². The summed E-state index contributed by atoms with van der Waals surface area (Å²) < 4.78 is 0. The van der Waals surface area contributed by atoms with Gasteiger partial charge in [0.1, 0.15) is 0 Å². The molecule has 0 unspecified atom stereocenters. The Hall–Kier alpha value is -1.82. The quantitative estimate of drug-likeness (QED) is 0.488. The highest BCUT2D eigenvalue weighted by Gasteiger charge is 1.91. The van der Waals surface area contributed by atoms with Gasteiger partial charge in [-0.1, -0.05) is 103 Å². The second-order valence-corrected chi connectivity index (χ2v) is 2.51. The first kappa shape index (κ1) is 21.5. The van der Waals surface area contributed by atoms with Gasteiger partial charge in [-0.3, -0.25) is 0 Å². The predicted molar refractivity (Wildman–Crippen MR) is 88.8 cm³/mol. The van der Waals surface area contributed by atoms with Crippen LogP contribution >= 0.6 is 0 Å². The van der Waals surface area contributed by atoms with Gasteiger partial charge in [-0.05, 0) is 11.1 Å². The predicted octanol–water partition coefficient (Wildman–Crippen LogP) is 6.19. The van der Waals surface area contributed by atoms with E-state index in [0.717, 1.165) is 11.1 Å². The average molecular weight is 244 g/mol. The van der Waals surface area contributed by atoms with Crippen LogP contribution in [0.1, 0.15) is 27.7 Å². The molecule has 0 radical (unpaired) electrons. The van der Waals surface area contributed by atoms with Gasteiger partial charge in [-0.15, -0.1) is 0 Å². The Morgan fingerprint density at radius 1 is 0.611 bits per heavy atom. The minimum absolute atomic E-state index is 1.01. The van der Waals surface area contributed by atoms with E-state index in [0.29, 0.717) is 0 Å². The Morgan fingerprint density at radius 3 is 1.06 bits per heavy atom. The Morgan fingerprint density at radius 2 is 0.889 bits per heavy atom. The molecule has 0 atom stereocenters. The van der Waals surface area contributed by atoms with Crippen LogP contribution in [0, 0.1) is 0 Å². The fraction of sp³-hybridized carbons (Fsp3) is 0.222. The van der Waals surface area contributed by atoms with Crippen molar-refractivity contribution in [2.24, 2.45) is 0 Å². The number of hydrogen-bond acceptors (Lipinski definition) is 0. The van der Waals surface area contributed by atoms with Crippen LogP contribution in [0.2, 0.25) is 0 Å². The molecule has 0 aromatic heterocycles. The smallest absolute Gasteiger partial charge is 0.0190 e. The van der Waals surface area contributed by atoms with E-state index in [1.165, 1.54) is 0 Å². The van der Waals surface area contributed by atoms with Gasteiger partial charge in [0.15, 0.2) is 0 Å². The van der Waals surface area contributed by atoms with Crippen molar-refractivity contribution in [2.45, 2.75) is 27.7 Å². The van der Waals surface area contributed by atoms with E-state index in [-0.39, 0.29) is 0 Å². The van der Waals surface area contributed by atoms with Crippen LogP contribution in [-0.4, -0.2) is 0 Å². The summed E-state index contributed by atoms with van der Waals surface area (Å²) in [6.45, 7) is 22.7. The Labute approximate surface area is 114 Å². The molecule has 0 N–H and O–H groups in total. The summed E-state index contributed by atoms with van der Waals surface area (Å²) in [5, 5.41) is 0. The van der Waals surface area contributed by atoms with E-state index < -0.39 is 0 Å². The molecule has 18 heavy (non-hydrogen) atoms. The molecule has 0 bridgehead atoms. The average Bonchev–Trinajstić information content (AvgIpc) is 2.47. The normalized spacial score (nSPS) is 10.4. The highest BCUT2D eigenvalue weighted by Crippen LogP contribution is 2.10. The highest BCUT2D eigenvalue weighted by molar-refractivity contribution is 5.46. The lowest BCUT2D eigenvalue weighted by atomic mass is 10.1. The van der Waals surface area contributed by atoms with Crippen molar-refractivity contribution in [2.75, 3.05) is 0 Å². The van der Waals surface area contributed by atoms with Gasteiger partial charge in [0.05, 0.1) is 0 Å². The minimum Gasteiger partial charge on any atom is -0.0991 e. The maximum atomic E-state index is 3.74. The van der Waals surface area contributed by atoms with Crippen LogP contribution in [0.5, 0.6) is 0 Å². The molecule has 100 valence electrons. The molecule has 0 aliphatic heterocycles. The van der Waals surface area contributed by atoms with Crippen molar-refractivity contribution >= 4 is 0 Å². The fourth-order valence-corrected chi connectivity index (χ4v) is 0.908. The molecule has 0 nitrogen and oxygen atoms in total. The first-order valence-electron chi connectivity index (χ1n) is 6.37. The number of allylic oxidation sites excluding steroid dienone is 10. The highest BCUT2D eigenvalue weighted by atomic mass is 14.0. The van der Waals surface area contributed by atoms with Crippen molar-refractivity contribution in [1.82, 2.24) is 0 Å². The van der Waals surface area contributed by atoms with Crippen molar-refractivity contribution < 1.29 is 0 Å². The molecular formula is C18H28. The van der Waals surface area contributed by atoms with Crippen LogP contribution < -0.4 is 0 Å². The summed E-state index contributed by atoms with van der Waals surface area (Å²) in [4.78, 5) is 0. The third-order valence-corrected chi connectivity index (χ3v) is 1.60. The summed E-state index contributed by atoms with van der Waals surface area (Å²) in [6, 6.07) is 0.